The summed E-state index contributed by atoms with van der Waals surface area (Å²) in [6.45, 7) is 3.63. The second-order valence-corrected chi connectivity index (χ2v) is 6.58. The van der Waals surface area contributed by atoms with Crippen LogP contribution >= 0.6 is 11.3 Å². The average Bonchev–Trinajstić information content (AvgIpc) is 2.87. The van der Waals surface area contributed by atoms with Crippen LogP contribution in [-0.2, 0) is 11.2 Å². The van der Waals surface area contributed by atoms with Gasteiger partial charge in [-0.05, 0) is 25.8 Å². The van der Waals surface area contributed by atoms with Crippen LogP contribution in [0.5, 0.6) is 0 Å². The molecule has 5 nitrogen and oxygen atoms in total. The molecule has 2 rings (SSSR count). The van der Waals surface area contributed by atoms with Gasteiger partial charge < -0.3 is 10.4 Å². The first-order chi connectivity index (χ1) is 11.0. The van der Waals surface area contributed by atoms with E-state index < -0.39 is 5.97 Å². The third-order valence-corrected chi connectivity index (χ3v) is 4.57. The normalized spacial score (nSPS) is 11.9. The smallest absolute Gasteiger partial charge is 0.303 e. The van der Waals surface area contributed by atoms with Crippen LogP contribution in [0.4, 0.5) is 0 Å². The van der Waals surface area contributed by atoms with Crippen LogP contribution in [0, 0.1) is 6.92 Å². The molecule has 122 valence electrons. The van der Waals surface area contributed by atoms with E-state index in [-0.39, 0.29) is 18.4 Å². The fourth-order valence-corrected chi connectivity index (χ4v) is 3.21. The van der Waals surface area contributed by atoms with Crippen molar-refractivity contribution in [2.24, 2.45) is 0 Å². The number of hydrogen-bond donors (Lipinski definition) is 2. The maximum Gasteiger partial charge on any atom is 0.303 e. The molecule has 6 heteroatoms. The number of carboxylic acid groups (broad SMARTS) is 1. The monoisotopic (exact) mass is 332 g/mol. The molecule has 1 aromatic carbocycles. The van der Waals surface area contributed by atoms with Gasteiger partial charge in [-0.3, -0.25) is 9.59 Å². The Balaban J connectivity index is 1.99. The fourth-order valence-electron chi connectivity index (χ4n) is 2.21. The highest BCUT2D eigenvalue weighted by molar-refractivity contribution is 7.13. The highest BCUT2D eigenvalue weighted by Crippen LogP contribution is 2.21. The second kappa shape index (κ2) is 7.87. The van der Waals surface area contributed by atoms with Crippen LogP contribution in [0.3, 0.4) is 0 Å². The van der Waals surface area contributed by atoms with Gasteiger partial charge in [-0.15, -0.1) is 11.3 Å². The number of thiazole rings is 1. The number of aliphatic carboxylic acids is 1. The Morgan fingerprint density at radius 2 is 2.00 bits per heavy atom. The zero-order chi connectivity index (χ0) is 16.8. The van der Waals surface area contributed by atoms with E-state index in [0.29, 0.717) is 23.4 Å². The molecule has 0 saturated carbocycles. The van der Waals surface area contributed by atoms with E-state index in [2.05, 4.69) is 10.3 Å². The first-order valence-corrected chi connectivity index (χ1v) is 8.30. The third kappa shape index (κ3) is 5.17. The van der Waals surface area contributed by atoms with Gasteiger partial charge in [-0.2, -0.15) is 0 Å². The van der Waals surface area contributed by atoms with E-state index in [1.165, 1.54) is 11.3 Å². The van der Waals surface area contributed by atoms with Crippen LogP contribution in [0.2, 0.25) is 0 Å². The molecule has 2 aromatic rings. The highest BCUT2D eigenvalue weighted by Gasteiger charge is 2.17. The largest absolute Gasteiger partial charge is 0.481 e. The summed E-state index contributed by atoms with van der Waals surface area (Å²) in [7, 11) is 0. The minimum Gasteiger partial charge on any atom is -0.481 e. The van der Waals surface area contributed by atoms with Gasteiger partial charge in [0.15, 0.2) is 0 Å². The number of nitrogens with zero attached hydrogens (tertiary/aromatic N) is 1. The van der Waals surface area contributed by atoms with Crippen LogP contribution < -0.4 is 5.32 Å². The topological polar surface area (TPSA) is 79.3 Å². The lowest BCUT2D eigenvalue weighted by Crippen LogP contribution is -2.32. The van der Waals surface area contributed by atoms with E-state index in [1.807, 2.05) is 44.2 Å². The molecule has 1 amide bonds. The number of nitrogens with one attached hydrogen (secondary N) is 1. The van der Waals surface area contributed by atoms with Crippen molar-refractivity contribution >= 4 is 23.2 Å². The van der Waals surface area contributed by atoms with Crippen molar-refractivity contribution in [2.75, 3.05) is 0 Å². The lowest BCUT2D eigenvalue weighted by molar-refractivity contribution is -0.137. The molecule has 0 aliphatic carbocycles. The Morgan fingerprint density at radius 3 is 2.65 bits per heavy atom. The van der Waals surface area contributed by atoms with Gasteiger partial charge in [0.05, 0.1) is 10.7 Å². The zero-order valence-electron chi connectivity index (χ0n) is 13.2. The van der Waals surface area contributed by atoms with Crippen LogP contribution in [0.15, 0.2) is 30.3 Å². The number of carbonyl (C=O) groups is 2. The predicted octanol–water partition coefficient (Wildman–Crippen LogP) is 3.03. The number of rotatable bonds is 7. The van der Waals surface area contributed by atoms with Gasteiger partial charge in [0.2, 0.25) is 0 Å². The van der Waals surface area contributed by atoms with Gasteiger partial charge in [0.25, 0.3) is 5.91 Å². The zero-order valence-corrected chi connectivity index (χ0v) is 14.0. The molecule has 1 atom stereocenters. The molecule has 0 bridgehead atoms. The number of hydrogen-bond acceptors (Lipinski definition) is 4. The number of aromatic nitrogens is 1. The summed E-state index contributed by atoms with van der Waals surface area (Å²) in [4.78, 5) is 27.9. The summed E-state index contributed by atoms with van der Waals surface area (Å²) in [5.41, 5.74) is 1.87. The van der Waals surface area contributed by atoms with E-state index in [1.54, 1.807) is 0 Å². The second-order valence-electron chi connectivity index (χ2n) is 5.49. The van der Waals surface area contributed by atoms with Gasteiger partial charge in [-0.1, -0.05) is 30.3 Å². The van der Waals surface area contributed by atoms with Gasteiger partial charge >= 0.3 is 5.97 Å². The first-order valence-electron chi connectivity index (χ1n) is 7.48. The summed E-state index contributed by atoms with van der Waals surface area (Å²) >= 11 is 1.39. The fraction of sp³-hybridized carbons (Fsp3) is 0.353. The van der Waals surface area contributed by atoms with Crippen LogP contribution in [0.1, 0.15) is 45.7 Å². The van der Waals surface area contributed by atoms with Gasteiger partial charge in [0, 0.05) is 18.9 Å². The summed E-state index contributed by atoms with van der Waals surface area (Å²) < 4.78 is 0. The summed E-state index contributed by atoms with van der Waals surface area (Å²) in [6, 6.07) is 9.81. The maximum atomic E-state index is 12.3. The molecule has 0 radical (unpaired) electrons. The van der Waals surface area contributed by atoms with Crippen LogP contribution in [0.25, 0.3) is 0 Å². The van der Waals surface area contributed by atoms with Crippen molar-refractivity contribution in [1.29, 1.82) is 0 Å². The molecule has 0 spiro atoms. The Morgan fingerprint density at radius 1 is 1.30 bits per heavy atom. The van der Waals surface area contributed by atoms with Gasteiger partial charge in [0.1, 0.15) is 4.88 Å². The summed E-state index contributed by atoms with van der Waals surface area (Å²) in [6.07, 6.45) is 1.16. The molecule has 23 heavy (non-hydrogen) atoms. The van der Waals surface area contributed by atoms with E-state index >= 15 is 0 Å². The number of aryl methyl sites for hydroxylation is 1. The van der Waals surface area contributed by atoms with Crippen molar-refractivity contribution in [3.63, 3.8) is 0 Å². The number of benzene rings is 1. The summed E-state index contributed by atoms with van der Waals surface area (Å²) in [5.74, 6) is -1.04. The van der Waals surface area contributed by atoms with Gasteiger partial charge in [-0.25, -0.2) is 4.98 Å². The molecule has 0 aliphatic heterocycles. The van der Waals surface area contributed by atoms with E-state index in [9.17, 15) is 9.59 Å². The van der Waals surface area contributed by atoms with E-state index in [0.717, 1.165) is 10.6 Å². The molecular weight excluding hydrogens is 312 g/mol. The molecule has 0 fully saturated rings. The van der Waals surface area contributed by atoms with Crippen molar-refractivity contribution in [2.45, 2.75) is 39.2 Å². The van der Waals surface area contributed by atoms with Crippen molar-refractivity contribution < 1.29 is 14.7 Å². The quantitative estimate of drug-likeness (QED) is 0.817. The Kier molecular flexibility index (Phi) is 5.87. The number of carbonyl (C=O) groups excluding carboxylic acids is 1. The van der Waals surface area contributed by atoms with Crippen molar-refractivity contribution in [3.05, 3.63) is 51.5 Å². The molecule has 1 heterocycles. The third-order valence-electron chi connectivity index (χ3n) is 3.41. The minimum atomic E-state index is -0.856. The lowest BCUT2D eigenvalue weighted by Gasteiger charge is -2.11. The van der Waals surface area contributed by atoms with Crippen molar-refractivity contribution in [3.8, 4) is 0 Å². The molecule has 1 unspecified atom stereocenters. The lowest BCUT2D eigenvalue weighted by atomic mass is 10.2. The summed E-state index contributed by atoms with van der Waals surface area (Å²) in [5, 5.41) is 12.4. The Hall–Kier alpha value is -2.21. The molecule has 1 aromatic heterocycles. The molecular formula is C17H20N2O3S. The molecule has 0 saturated heterocycles. The van der Waals surface area contributed by atoms with E-state index in [4.69, 9.17) is 5.11 Å². The maximum absolute atomic E-state index is 12.3. The molecule has 0 aliphatic rings. The predicted molar refractivity (Wildman–Crippen MR) is 89.9 cm³/mol. The standard InChI is InChI=1S/C17H20N2O3S/c1-11(8-9-15(20)21)18-17(22)16-12(2)19-14(23-16)10-13-6-4-3-5-7-13/h3-7,11H,8-10H2,1-2H3,(H,18,22)(H,20,21). The Labute approximate surface area is 139 Å². The van der Waals surface area contributed by atoms with Crippen molar-refractivity contribution in [1.82, 2.24) is 10.3 Å². The molecule has 2 N–H and O–H groups in total. The SMILES string of the molecule is Cc1nc(Cc2ccccc2)sc1C(=O)NC(C)CCC(=O)O. The number of amides is 1. The average molecular weight is 332 g/mol. The Bertz CT molecular complexity index is 682. The highest BCUT2D eigenvalue weighted by atomic mass is 32.1. The minimum absolute atomic E-state index is 0.0440. The first kappa shape index (κ1) is 17.1. The van der Waals surface area contributed by atoms with Crippen LogP contribution in [-0.4, -0.2) is 28.0 Å². The number of carboxylic acids is 1.